The molecule has 2 aromatic heterocycles. The van der Waals surface area contributed by atoms with Crippen molar-refractivity contribution in [1.29, 1.82) is 0 Å². The van der Waals surface area contributed by atoms with Crippen LogP contribution in [-0.2, 0) is 23.6 Å². The van der Waals surface area contributed by atoms with E-state index < -0.39 is 28.2 Å². The predicted octanol–water partition coefficient (Wildman–Crippen LogP) is 2.77. The quantitative estimate of drug-likeness (QED) is 0.683. The van der Waals surface area contributed by atoms with E-state index in [9.17, 15) is 17.2 Å². The Balaban J connectivity index is 2.03. The van der Waals surface area contributed by atoms with Crippen molar-refractivity contribution < 1.29 is 17.2 Å². The molecule has 0 fully saturated rings. The van der Waals surface area contributed by atoms with Crippen molar-refractivity contribution in [3.63, 3.8) is 0 Å². The second kappa shape index (κ2) is 6.73. The van der Waals surface area contributed by atoms with Gasteiger partial charge in [0.1, 0.15) is 16.5 Å². The number of hydrogen-bond acceptors (Lipinski definition) is 4. The zero-order chi connectivity index (χ0) is 19.1. The van der Waals surface area contributed by atoms with E-state index in [-0.39, 0.29) is 17.0 Å². The molecule has 0 bridgehead atoms. The van der Waals surface area contributed by atoms with E-state index in [1.54, 1.807) is 25.6 Å². The fourth-order valence-electron chi connectivity index (χ4n) is 2.81. The molecule has 0 radical (unpaired) electrons. The maximum Gasteiger partial charge on any atom is 0.244 e. The van der Waals surface area contributed by atoms with Crippen molar-refractivity contribution in [2.45, 2.75) is 25.3 Å². The van der Waals surface area contributed by atoms with Crippen LogP contribution in [0, 0.1) is 18.6 Å². The van der Waals surface area contributed by atoms with Crippen LogP contribution in [0.4, 0.5) is 8.78 Å². The number of hydrogen-bond donors (Lipinski definition) is 0. The number of benzene rings is 1. The molecule has 0 aliphatic rings. The third-order valence-corrected chi connectivity index (χ3v) is 6.11. The normalized spacial score (nSPS) is 12.2. The van der Waals surface area contributed by atoms with Crippen molar-refractivity contribution >= 4 is 21.1 Å². The smallest absolute Gasteiger partial charge is 0.244 e. The first-order valence-corrected chi connectivity index (χ1v) is 9.42. The first kappa shape index (κ1) is 18.4. The summed E-state index contributed by atoms with van der Waals surface area (Å²) in [6.45, 7) is 3.02. The van der Waals surface area contributed by atoms with Gasteiger partial charge in [0.05, 0.1) is 5.69 Å². The first-order chi connectivity index (χ1) is 12.3. The number of fused-ring (bicyclic) bond motifs is 1. The van der Waals surface area contributed by atoms with Crippen LogP contribution in [0.5, 0.6) is 0 Å². The summed E-state index contributed by atoms with van der Waals surface area (Å²) in [5.41, 5.74) is 0.921. The van der Waals surface area contributed by atoms with Crippen LogP contribution in [0.3, 0.4) is 0 Å². The average Bonchev–Trinajstić information content (AvgIpc) is 2.88. The van der Waals surface area contributed by atoms with E-state index in [1.165, 1.54) is 18.3 Å². The minimum absolute atomic E-state index is 0.0419. The van der Waals surface area contributed by atoms with Crippen molar-refractivity contribution in [1.82, 2.24) is 19.1 Å². The summed E-state index contributed by atoms with van der Waals surface area (Å²) in [6.07, 6.45) is 1.24. The van der Waals surface area contributed by atoms with Gasteiger partial charge in [-0.25, -0.2) is 22.2 Å². The van der Waals surface area contributed by atoms with Gasteiger partial charge < -0.3 is 0 Å². The van der Waals surface area contributed by atoms with Crippen LogP contribution < -0.4 is 0 Å². The molecule has 3 aromatic rings. The summed E-state index contributed by atoms with van der Waals surface area (Å²) >= 11 is 0. The van der Waals surface area contributed by atoms with Gasteiger partial charge in [-0.15, -0.1) is 0 Å². The lowest BCUT2D eigenvalue weighted by molar-refractivity contribution is 0.404. The topological polar surface area (TPSA) is 68.1 Å². The minimum atomic E-state index is -3.98. The minimum Gasteiger partial charge on any atom is -0.250 e. The SMILES string of the molecule is CCN(Cc1c(F)cccc1F)S(=O)(=O)c1cnc2c(c1)c(C)nn2C. The Morgan fingerprint density at radius 1 is 1.23 bits per heavy atom. The van der Waals surface area contributed by atoms with Gasteiger partial charge in [-0.05, 0) is 25.1 Å². The molecule has 0 atom stereocenters. The molecule has 26 heavy (non-hydrogen) atoms. The summed E-state index contributed by atoms with van der Waals surface area (Å²) in [5, 5.41) is 4.83. The molecule has 1 aromatic carbocycles. The Kier molecular flexibility index (Phi) is 4.76. The summed E-state index contributed by atoms with van der Waals surface area (Å²) in [7, 11) is -2.26. The standard InChI is InChI=1S/C17H18F2N4O2S/c1-4-23(10-14-15(18)6-5-7-16(14)19)26(24,25)12-8-13-11(2)21-22(3)17(13)20-9-12/h5-9H,4,10H2,1-3H3. The molecule has 0 saturated carbocycles. The Morgan fingerprint density at radius 2 is 1.88 bits per heavy atom. The summed E-state index contributed by atoms with van der Waals surface area (Å²) in [4.78, 5) is 4.13. The zero-order valence-electron chi connectivity index (χ0n) is 14.6. The van der Waals surface area contributed by atoms with Crippen LogP contribution in [0.15, 0.2) is 35.4 Å². The second-order valence-corrected chi connectivity index (χ2v) is 7.82. The lowest BCUT2D eigenvalue weighted by Gasteiger charge is -2.21. The van der Waals surface area contributed by atoms with E-state index in [4.69, 9.17) is 0 Å². The molecule has 3 rings (SSSR count). The molecule has 138 valence electrons. The third-order valence-electron chi connectivity index (χ3n) is 4.22. The highest BCUT2D eigenvalue weighted by molar-refractivity contribution is 7.89. The van der Waals surface area contributed by atoms with Gasteiger partial charge in [0.25, 0.3) is 0 Å². The van der Waals surface area contributed by atoms with E-state index in [1.807, 2.05) is 0 Å². The maximum atomic E-state index is 13.9. The second-order valence-electron chi connectivity index (χ2n) is 5.88. The van der Waals surface area contributed by atoms with Crippen LogP contribution in [-0.4, -0.2) is 34.0 Å². The third kappa shape index (κ3) is 3.08. The Hall–Kier alpha value is -2.39. The Labute approximate surface area is 150 Å². The highest BCUT2D eigenvalue weighted by atomic mass is 32.2. The zero-order valence-corrected chi connectivity index (χ0v) is 15.4. The van der Waals surface area contributed by atoms with Crippen molar-refractivity contribution in [3.05, 3.63) is 53.4 Å². The van der Waals surface area contributed by atoms with Crippen molar-refractivity contribution in [2.75, 3.05) is 6.54 Å². The monoisotopic (exact) mass is 380 g/mol. The van der Waals surface area contributed by atoms with Crippen LogP contribution in [0.2, 0.25) is 0 Å². The first-order valence-electron chi connectivity index (χ1n) is 7.98. The number of rotatable bonds is 5. The van der Waals surface area contributed by atoms with E-state index >= 15 is 0 Å². The maximum absolute atomic E-state index is 13.9. The van der Waals surface area contributed by atoms with Gasteiger partial charge >= 0.3 is 0 Å². The number of pyridine rings is 1. The molecule has 0 N–H and O–H groups in total. The van der Waals surface area contributed by atoms with Gasteiger partial charge in [0.2, 0.25) is 10.0 Å². The van der Waals surface area contributed by atoms with Gasteiger partial charge in [-0.3, -0.25) is 4.68 Å². The molecule has 9 heteroatoms. The van der Waals surface area contributed by atoms with Crippen LogP contribution in [0.25, 0.3) is 11.0 Å². The fraction of sp³-hybridized carbons (Fsp3) is 0.294. The molecule has 6 nitrogen and oxygen atoms in total. The molecule has 0 aliphatic carbocycles. The molecule has 2 heterocycles. The van der Waals surface area contributed by atoms with E-state index in [0.29, 0.717) is 16.7 Å². The number of nitrogens with zero attached hydrogens (tertiary/aromatic N) is 4. The van der Waals surface area contributed by atoms with Gasteiger partial charge in [-0.1, -0.05) is 13.0 Å². The highest BCUT2D eigenvalue weighted by Crippen LogP contribution is 2.24. The molecular weight excluding hydrogens is 362 g/mol. The van der Waals surface area contributed by atoms with E-state index in [2.05, 4.69) is 10.1 Å². The molecule has 0 saturated heterocycles. The molecule has 0 amide bonds. The largest absolute Gasteiger partial charge is 0.250 e. The summed E-state index contributed by atoms with van der Waals surface area (Å²) < 4.78 is 56.3. The molecule has 0 aliphatic heterocycles. The van der Waals surface area contributed by atoms with Crippen molar-refractivity contribution in [3.8, 4) is 0 Å². The Morgan fingerprint density at radius 3 is 2.50 bits per heavy atom. The summed E-state index contributed by atoms with van der Waals surface area (Å²) in [6, 6.07) is 4.93. The van der Waals surface area contributed by atoms with Gasteiger partial charge in [0, 0.05) is 37.3 Å². The number of halogens is 2. The fourth-order valence-corrected chi connectivity index (χ4v) is 4.20. The Bertz CT molecular complexity index is 1060. The number of aryl methyl sites for hydroxylation is 2. The highest BCUT2D eigenvalue weighted by Gasteiger charge is 2.26. The molecule has 0 unspecified atom stereocenters. The molecular formula is C17H18F2N4O2S. The predicted molar refractivity (Wildman–Crippen MR) is 92.9 cm³/mol. The van der Waals surface area contributed by atoms with Gasteiger partial charge in [-0.2, -0.15) is 9.40 Å². The van der Waals surface area contributed by atoms with Crippen LogP contribution in [0.1, 0.15) is 18.2 Å². The summed E-state index contributed by atoms with van der Waals surface area (Å²) in [5.74, 6) is -1.56. The lowest BCUT2D eigenvalue weighted by Crippen LogP contribution is -2.31. The van der Waals surface area contributed by atoms with E-state index in [0.717, 1.165) is 16.4 Å². The lowest BCUT2D eigenvalue weighted by atomic mass is 10.2. The number of aromatic nitrogens is 3. The van der Waals surface area contributed by atoms with Crippen molar-refractivity contribution in [2.24, 2.45) is 7.05 Å². The number of sulfonamides is 1. The van der Waals surface area contributed by atoms with Crippen LogP contribution >= 0.6 is 0 Å². The molecule has 0 spiro atoms. The average molecular weight is 380 g/mol. The van der Waals surface area contributed by atoms with Gasteiger partial charge in [0.15, 0.2) is 5.65 Å².